The molecule has 4 aromatic carbocycles. The molecule has 0 aliphatic heterocycles. The van der Waals surface area contributed by atoms with E-state index in [1.807, 2.05) is 0 Å². The van der Waals surface area contributed by atoms with Gasteiger partial charge in [0, 0.05) is 16.8 Å². The van der Waals surface area contributed by atoms with Crippen molar-refractivity contribution in [1.29, 1.82) is 0 Å². The number of nitrogens with zero attached hydrogens (tertiary/aromatic N) is 1. The highest BCUT2D eigenvalue weighted by Gasteiger charge is 2.17. The van der Waals surface area contributed by atoms with Crippen LogP contribution < -0.4 is 5.32 Å². The van der Waals surface area contributed by atoms with Crippen molar-refractivity contribution >= 4 is 22.1 Å². The van der Waals surface area contributed by atoms with Gasteiger partial charge in [-0.3, -0.25) is 0 Å². The minimum absolute atomic E-state index is 0.423. The van der Waals surface area contributed by atoms with E-state index in [-0.39, 0.29) is 0 Å². The highest BCUT2D eigenvalue weighted by molar-refractivity contribution is 5.96. The number of hydrogen-bond acceptors (Lipinski definition) is 2. The van der Waals surface area contributed by atoms with Gasteiger partial charge in [-0.05, 0) is 58.4 Å². The number of rotatable bonds is 6. The summed E-state index contributed by atoms with van der Waals surface area (Å²) in [4.78, 5) is 5.18. The van der Waals surface area contributed by atoms with Gasteiger partial charge in [-0.25, -0.2) is 4.98 Å². The predicted octanol–water partition coefficient (Wildman–Crippen LogP) is 9.87. The average Bonchev–Trinajstić information content (AvgIpc) is 2.89. The Hall–Kier alpha value is -3.91. The zero-order valence-electron chi connectivity index (χ0n) is 21.8. The van der Waals surface area contributed by atoms with Gasteiger partial charge in [-0.1, -0.05) is 113 Å². The normalized spacial score (nSPS) is 11.4. The smallest absolute Gasteiger partial charge is 0.0730 e. The Balaban J connectivity index is 1.64. The minimum atomic E-state index is 0.423. The van der Waals surface area contributed by atoms with Crippen molar-refractivity contribution in [2.45, 2.75) is 46.5 Å². The van der Waals surface area contributed by atoms with Crippen LogP contribution >= 0.6 is 0 Å². The molecule has 0 unspecified atom stereocenters. The van der Waals surface area contributed by atoms with Crippen molar-refractivity contribution in [1.82, 2.24) is 4.98 Å². The molecule has 0 aliphatic rings. The fraction of sp³-hybridized carbons (Fsp3) is 0.206. The number of benzene rings is 4. The van der Waals surface area contributed by atoms with Gasteiger partial charge in [-0.15, -0.1) is 0 Å². The van der Waals surface area contributed by atoms with Gasteiger partial charge >= 0.3 is 0 Å². The third-order valence-corrected chi connectivity index (χ3v) is 6.99. The minimum Gasteiger partial charge on any atom is -0.354 e. The Kier molecular flexibility index (Phi) is 6.61. The molecular weight excluding hydrogens is 436 g/mol. The summed E-state index contributed by atoms with van der Waals surface area (Å²) in [7, 11) is 0. The van der Waals surface area contributed by atoms with Crippen molar-refractivity contribution in [2.75, 3.05) is 5.32 Å². The molecule has 180 valence electrons. The highest BCUT2D eigenvalue weighted by atomic mass is 14.9. The van der Waals surface area contributed by atoms with Crippen LogP contribution in [0.4, 0.5) is 11.4 Å². The molecule has 0 amide bonds. The lowest BCUT2D eigenvalue weighted by molar-refractivity contribution is 0.838. The van der Waals surface area contributed by atoms with Crippen LogP contribution in [0.25, 0.3) is 33.3 Å². The number of pyridine rings is 1. The first-order valence-electron chi connectivity index (χ1n) is 12.9. The number of aromatic nitrogens is 1. The second-order valence-corrected chi connectivity index (χ2v) is 10.2. The zero-order chi connectivity index (χ0) is 25.2. The van der Waals surface area contributed by atoms with Crippen LogP contribution in [0.15, 0.2) is 97.1 Å². The molecule has 1 N–H and O–H groups in total. The average molecular weight is 471 g/mol. The lowest BCUT2D eigenvalue weighted by Gasteiger charge is -2.23. The van der Waals surface area contributed by atoms with E-state index >= 15 is 0 Å². The molecule has 0 radical (unpaired) electrons. The molecule has 0 saturated carbocycles. The molecule has 0 fully saturated rings. The van der Waals surface area contributed by atoms with E-state index in [2.05, 4.69) is 137 Å². The molecule has 5 rings (SSSR count). The lowest BCUT2D eigenvalue weighted by atomic mass is 9.92. The SMILES string of the molecule is Cc1cccc(-c2cccc(-c3cccc4ccccc34)n2)c1Nc1c(C(C)C)cccc1C(C)C. The van der Waals surface area contributed by atoms with Crippen LogP contribution in [0.2, 0.25) is 0 Å². The zero-order valence-corrected chi connectivity index (χ0v) is 21.8. The van der Waals surface area contributed by atoms with Crippen molar-refractivity contribution in [3.05, 3.63) is 114 Å². The van der Waals surface area contributed by atoms with Gasteiger partial charge < -0.3 is 5.32 Å². The Morgan fingerprint density at radius 3 is 1.83 bits per heavy atom. The Morgan fingerprint density at radius 1 is 0.556 bits per heavy atom. The number of fused-ring (bicyclic) bond motifs is 1. The number of hydrogen-bond donors (Lipinski definition) is 1. The maximum Gasteiger partial charge on any atom is 0.0730 e. The highest BCUT2D eigenvalue weighted by Crippen LogP contribution is 2.39. The van der Waals surface area contributed by atoms with Gasteiger partial charge in [0.05, 0.1) is 17.1 Å². The Morgan fingerprint density at radius 2 is 1.11 bits per heavy atom. The van der Waals surface area contributed by atoms with Gasteiger partial charge in [-0.2, -0.15) is 0 Å². The van der Waals surface area contributed by atoms with Crippen molar-refractivity contribution < 1.29 is 0 Å². The van der Waals surface area contributed by atoms with Crippen LogP contribution in [0.3, 0.4) is 0 Å². The summed E-state index contributed by atoms with van der Waals surface area (Å²) >= 11 is 0. The van der Waals surface area contributed by atoms with Gasteiger partial charge in [0.1, 0.15) is 0 Å². The fourth-order valence-corrected chi connectivity index (χ4v) is 5.05. The monoisotopic (exact) mass is 470 g/mol. The summed E-state index contributed by atoms with van der Waals surface area (Å²) < 4.78 is 0. The predicted molar refractivity (Wildman–Crippen MR) is 155 cm³/mol. The molecule has 0 bridgehead atoms. The quantitative estimate of drug-likeness (QED) is 0.267. The number of para-hydroxylation sites is 2. The second kappa shape index (κ2) is 9.99. The third-order valence-electron chi connectivity index (χ3n) is 6.99. The first-order valence-corrected chi connectivity index (χ1v) is 12.9. The first-order chi connectivity index (χ1) is 17.4. The number of anilines is 2. The standard InChI is InChI=1S/C34H34N2/c1-22(2)26-16-10-17-27(23(3)4)34(26)36-33-24(5)12-8-19-30(33)32-21-11-20-31(35-32)29-18-9-14-25-13-6-7-15-28(25)29/h6-23,36H,1-5H3. The van der Waals surface area contributed by atoms with Gasteiger partial charge in [0.2, 0.25) is 0 Å². The van der Waals surface area contributed by atoms with E-state index in [9.17, 15) is 0 Å². The summed E-state index contributed by atoms with van der Waals surface area (Å²) in [5, 5.41) is 6.34. The van der Waals surface area contributed by atoms with Crippen LogP contribution in [0, 0.1) is 6.92 Å². The maximum absolute atomic E-state index is 5.18. The maximum atomic E-state index is 5.18. The number of nitrogens with one attached hydrogen (secondary N) is 1. The molecular formula is C34H34N2. The van der Waals surface area contributed by atoms with E-state index in [1.54, 1.807) is 0 Å². The molecule has 36 heavy (non-hydrogen) atoms. The Bertz CT molecular complexity index is 1500. The van der Waals surface area contributed by atoms with Crippen LogP contribution in [0.1, 0.15) is 56.2 Å². The van der Waals surface area contributed by atoms with Crippen molar-refractivity contribution in [3.8, 4) is 22.5 Å². The first kappa shape index (κ1) is 23.8. The van der Waals surface area contributed by atoms with Crippen molar-refractivity contribution in [2.24, 2.45) is 0 Å². The van der Waals surface area contributed by atoms with Gasteiger partial charge in [0.15, 0.2) is 0 Å². The van der Waals surface area contributed by atoms with E-state index in [4.69, 9.17) is 4.98 Å². The van der Waals surface area contributed by atoms with E-state index < -0.39 is 0 Å². The molecule has 2 heteroatoms. The fourth-order valence-electron chi connectivity index (χ4n) is 5.05. The van der Waals surface area contributed by atoms with Crippen molar-refractivity contribution in [3.63, 3.8) is 0 Å². The molecule has 1 heterocycles. The molecule has 0 spiro atoms. The largest absolute Gasteiger partial charge is 0.354 e. The summed E-state index contributed by atoms with van der Waals surface area (Å²) in [6.45, 7) is 11.2. The third kappa shape index (κ3) is 4.52. The Labute approximate surface area is 215 Å². The lowest BCUT2D eigenvalue weighted by Crippen LogP contribution is -2.06. The topological polar surface area (TPSA) is 24.9 Å². The van der Waals surface area contributed by atoms with Crippen LogP contribution in [-0.2, 0) is 0 Å². The summed E-state index contributed by atoms with van der Waals surface area (Å²) in [5.74, 6) is 0.845. The number of aryl methyl sites for hydroxylation is 1. The summed E-state index contributed by atoms with van der Waals surface area (Å²) in [5.41, 5.74) is 10.5. The summed E-state index contributed by atoms with van der Waals surface area (Å²) in [6.07, 6.45) is 0. The van der Waals surface area contributed by atoms with Gasteiger partial charge in [0.25, 0.3) is 0 Å². The molecule has 0 atom stereocenters. The van der Waals surface area contributed by atoms with E-state index in [0.717, 1.165) is 28.2 Å². The second-order valence-electron chi connectivity index (χ2n) is 10.2. The molecule has 1 aromatic heterocycles. The van der Waals surface area contributed by atoms with Crippen LogP contribution in [0.5, 0.6) is 0 Å². The van der Waals surface area contributed by atoms with E-state index in [1.165, 1.54) is 33.2 Å². The van der Waals surface area contributed by atoms with E-state index in [0.29, 0.717) is 11.8 Å². The molecule has 0 saturated heterocycles. The molecule has 5 aromatic rings. The summed E-state index contributed by atoms with van der Waals surface area (Å²) in [6, 6.07) is 34.4. The molecule has 0 aliphatic carbocycles. The van der Waals surface area contributed by atoms with Crippen LogP contribution in [-0.4, -0.2) is 4.98 Å². The molecule has 2 nitrogen and oxygen atoms in total.